The Morgan fingerprint density at radius 2 is 1.89 bits per heavy atom. The summed E-state index contributed by atoms with van der Waals surface area (Å²) in [6.07, 6.45) is -3.87. The van der Waals surface area contributed by atoms with Crippen LogP contribution in [0.2, 0.25) is 0 Å². The number of hydrogen-bond acceptors (Lipinski definition) is 4. The monoisotopic (exact) mass is 528 g/mol. The summed E-state index contributed by atoms with van der Waals surface area (Å²) < 4.78 is 81.9. The van der Waals surface area contributed by atoms with Crippen molar-refractivity contribution in [3.8, 4) is 5.75 Å². The summed E-state index contributed by atoms with van der Waals surface area (Å²) in [6.45, 7) is -0.281. The van der Waals surface area contributed by atoms with Crippen LogP contribution in [-0.2, 0) is 16.0 Å². The van der Waals surface area contributed by atoms with Crippen LogP contribution in [0.1, 0.15) is 23.3 Å². The van der Waals surface area contributed by atoms with E-state index in [4.69, 9.17) is 14.5 Å². The second-order valence-electron chi connectivity index (χ2n) is 5.80. The van der Waals surface area contributed by atoms with Crippen LogP contribution in [0.4, 0.5) is 22.0 Å². The highest BCUT2D eigenvalue weighted by atomic mass is 79.9. The van der Waals surface area contributed by atoms with Crippen molar-refractivity contribution < 1.29 is 41.0 Å². The summed E-state index contributed by atoms with van der Waals surface area (Å²) >= 11 is 4.85. The molecule has 0 fully saturated rings. The molecule has 0 atom stereocenters. The maximum Gasteiger partial charge on any atom is 0.400 e. The summed E-state index contributed by atoms with van der Waals surface area (Å²) in [7, 11) is -5.78. The Morgan fingerprint density at radius 3 is 2.43 bits per heavy atom. The van der Waals surface area contributed by atoms with Crippen LogP contribution < -0.4 is 4.74 Å². The predicted octanol–water partition coefficient (Wildman–Crippen LogP) is 6.48. The minimum absolute atomic E-state index is 0.0992. The third-order valence-corrected chi connectivity index (χ3v) is 7.67. The molecule has 0 spiro atoms. The van der Waals surface area contributed by atoms with Gasteiger partial charge in [-0.2, -0.15) is 33.7 Å². The second kappa shape index (κ2) is 8.77. The molecule has 0 amide bonds. The number of alkyl halides is 5. The van der Waals surface area contributed by atoms with Crippen molar-refractivity contribution >= 4 is 56.7 Å². The van der Waals surface area contributed by atoms with E-state index in [1.54, 1.807) is 6.07 Å². The Morgan fingerprint density at radius 1 is 1.25 bits per heavy atom. The van der Waals surface area contributed by atoms with Crippen LogP contribution in [0.15, 0.2) is 16.6 Å². The topological polar surface area (TPSA) is 66.8 Å². The van der Waals surface area contributed by atoms with Gasteiger partial charge in [0.25, 0.3) is 0 Å². The van der Waals surface area contributed by atoms with Gasteiger partial charge in [0, 0.05) is 22.0 Å². The van der Waals surface area contributed by atoms with Gasteiger partial charge in [-0.15, -0.1) is 11.3 Å². The Balaban J connectivity index is 2.48. The lowest BCUT2D eigenvalue weighted by atomic mass is 10.1. The zero-order chi connectivity index (χ0) is 21.3. The average Bonchev–Trinajstić information content (AvgIpc) is 2.88. The molecule has 0 saturated carbocycles. The first-order valence-corrected chi connectivity index (χ1v) is 12.3. The Kier molecular flexibility index (Phi) is 7.48. The highest BCUT2D eigenvalue weighted by molar-refractivity contribution is 9.10. The SMILES string of the molecule is CSCc1cc(OCCCC(F)(F)F)c2sc(C(F)(F)P(=O)(O)O)c(Br)c2c1. The smallest absolute Gasteiger partial charge is 0.400 e. The number of thioether (sulfide) groups is 1. The molecular formula is C15H15BrF5O4PS2. The number of halogens is 6. The number of benzene rings is 1. The van der Waals surface area contributed by atoms with Gasteiger partial charge in [0.15, 0.2) is 0 Å². The average molecular weight is 529 g/mol. The Labute approximate surface area is 173 Å². The first kappa shape index (κ1) is 23.9. The summed E-state index contributed by atoms with van der Waals surface area (Å²) in [6, 6.07) is 3.11. The van der Waals surface area contributed by atoms with E-state index in [0.29, 0.717) is 22.7 Å². The molecular weight excluding hydrogens is 514 g/mol. The van der Waals surface area contributed by atoms with Crippen LogP contribution >= 0.6 is 46.6 Å². The van der Waals surface area contributed by atoms with Crippen molar-refractivity contribution in [2.45, 2.75) is 30.4 Å². The van der Waals surface area contributed by atoms with Crippen LogP contribution in [0, 0.1) is 0 Å². The van der Waals surface area contributed by atoms with Gasteiger partial charge >= 0.3 is 19.4 Å². The molecule has 13 heteroatoms. The van der Waals surface area contributed by atoms with E-state index in [-0.39, 0.29) is 33.3 Å². The van der Waals surface area contributed by atoms with Gasteiger partial charge in [0.1, 0.15) is 10.6 Å². The molecule has 1 aromatic carbocycles. The first-order valence-electron chi connectivity index (χ1n) is 7.65. The lowest BCUT2D eigenvalue weighted by Gasteiger charge is -2.16. The molecule has 0 unspecified atom stereocenters. The molecule has 28 heavy (non-hydrogen) atoms. The molecule has 0 saturated heterocycles. The van der Waals surface area contributed by atoms with Crippen molar-refractivity contribution in [1.29, 1.82) is 0 Å². The lowest BCUT2D eigenvalue weighted by Crippen LogP contribution is -2.12. The van der Waals surface area contributed by atoms with E-state index in [1.807, 2.05) is 6.26 Å². The van der Waals surface area contributed by atoms with E-state index >= 15 is 0 Å². The van der Waals surface area contributed by atoms with Gasteiger partial charge in [-0.1, -0.05) is 0 Å². The summed E-state index contributed by atoms with van der Waals surface area (Å²) in [5.41, 5.74) is -3.74. The maximum atomic E-state index is 14.2. The normalized spacial score (nSPS) is 13.3. The van der Waals surface area contributed by atoms with Crippen molar-refractivity contribution in [1.82, 2.24) is 0 Å². The largest absolute Gasteiger partial charge is 0.492 e. The maximum absolute atomic E-state index is 14.2. The van der Waals surface area contributed by atoms with E-state index in [2.05, 4.69) is 15.9 Å². The van der Waals surface area contributed by atoms with E-state index in [9.17, 15) is 26.5 Å². The van der Waals surface area contributed by atoms with Crippen LogP contribution in [0.3, 0.4) is 0 Å². The quantitative estimate of drug-likeness (QED) is 0.233. The lowest BCUT2D eigenvalue weighted by molar-refractivity contribution is -0.136. The minimum Gasteiger partial charge on any atom is -0.492 e. The molecule has 2 aromatic rings. The van der Waals surface area contributed by atoms with Crippen molar-refractivity contribution in [3.05, 3.63) is 27.0 Å². The standard InChI is InChI=1S/C15H15BrF5O4PS2/c1-27-7-8-5-9-11(16)13(15(20,21)26(22,23)24)28-12(9)10(6-8)25-4-2-3-14(17,18)19/h5-6H,2-4,7H2,1H3,(H2,22,23,24). The minimum atomic E-state index is -5.78. The molecule has 4 nitrogen and oxygen atoms in total. The van der Waals surface area contributed by atoms with Crippen molar-refractivity contribution in [2.24, 2.45) is 0 Å². The molecule has 0 aliphatic rings. The third kappa shape index (κ3) is 5.40. The Hall–Kier alpha value is -0.390. The summed E-state index contributed by atoms with van der Waals surface area (Å²) in [4.78, 5) is 17.2. The molecule has 2 N–H and O–H groups in total. The molecule has 0 bridgehead atoms. The predicted molar refractivity (Wildman–Crippen MR) is 103 cm³/mol. The van der Waals surface area contributed by atoms with E-state index in [0.717, 1.165) is 0 Å². The van der Waals surface area contributed by atoms with Gasteiger partial charge in [0.2, 0.25) is 0 Å². The molecule has 2 rings (SSSR count). The van der Waals surface area contributed by atoms with Crippen molar-refractivity contribution in [2.75, 3.05) is 12.9 Å². The van der Waals surface area contributed by atoms with Gasteiger partial charge in [-0.25, -0.2) is 0 Å². The fourth-order valence-electron chi connectivity index (χ4n) is 2.33. The molecule has 0 aliphatic carbocycles. The molecule has 0 aliphatic heterocycles. The van der Waals surface area contributed by atoms with Crippen LogP contribution in [0.5, 0.6) is 5.75 Å². The first-order chi connectivity index (χ1) is 12.8. The van der Waals surface area contributed by atoms with Gasteiger partial charge in [-0.05, 0) is 46.3 Å². The highest BCUT2D eigenvalue weighted by Gasteiger charge is 2.53. The molecule has 0 radical (unpaired) electrons. The summed E-state index contributed by atoms with van der Waals surface area (Å²) in [5.74, 6) is 0.587. The summed E-state index contributed by atoms with van der Waals surface area (Å²) in [5, 5.41) is 0.255. The van der Waals surface area contributed by atoms with Gasteiger partial charge in [-0.3, -0.25) is 4.57 Å². The molecule has 1 aromatic heterocycles. The van der Waals surface area contributed by atoms with Crippen LogP contribution in [-0.4, -0.2) is 28.8 Å². The zero-order valence-corrected chi connectivity index (χ0v) is 18.3. The zero-order valence-electron chi connectivity index (χ0n) is 14.2. The van der Waals surface area contributed by atoms with E-state index in [1.165, 1.54) is 17.8 Å². The highest BCUT2D eigenvalue weighted by Crippen LogP contribution is 2.63. The fraction of sp³-hybridized carbons (Fsp3) is 0.467. The second-order valence-corrected chi connectivity index (χ2v) is 10.1. The van der Waals surface area contributed by atoms with Gasteiger partial charge < -0.3 is 14.5 Å². The third-order valence-electron chi connectivity index (χ3n) is 3.57. The molecule has 1 heterocycles. The fourth-order valence-corrected chi connectivity index (χ4v) is 5.81. The van der Waals surface area contributed by atoms with Crippen LogP contribution in [0.25, 0.3) is 10.1 Å². The number of thiophene rings is 1. The Bertz CT molecular complexity index is 897. The van der Waals surface area contributed by atoms with Gasteiger partial charge in [0.05, 0.1) is 11.3 Å². The number of ether oxygens (including phenoxy) is 1. The number of rotatable bonds is 8. The van der Waals surface area contributed by atoms with Crippen molar-refractivity contribution in [3.63, 3.8) is 0 Å². The number of fused-ring (bicyclic) bond motifs is 1. The van der Waals surface area contributed by atoms with E-state index < -0.39 is 30.7 Å². The molecule has 158 valence electrons. The number of hydrogen-bond donors (Lipinski definition) is 2.